The number of hydrogen-bond acceptors (Lipinski definition) is 9. The number of aliphatic hydroxyl groups excluding tert-OH is 1. The van der Waals surface area contributed by atoms with Gasteiger partial charge in [0.2, 0.25) is 5.90 Å². The van der Waals surface area contributed by atoms with Gasteiger partial charge >= 0.3 is 0 Å². The van der Waals surface area contributed by atoms with Crippen molar-refractivity contribution >= 4 is 12.2 Å². The highest BCUT2D eigenvalue weighted by atomic mass is 16.6. The van der Waals surface area contributed by atoms with Crippen LogP contribution in [-0.4, -0.2) is 78.1 Å². The van der Waals surface area contributed by atoms with Gasteiger partial charge in [0.25, 0.3) is 6.23 Å². The summed E-state index contributed by atoms with van der Waals surface area (Å²) in [5.41, 5.74) is 2.12. The molecule has 2 unspecified atom stereocenters. The van der Waals surface area contributed by atoms with Gasteiger partial charge in [-0.3, -0.25) is 9.69 Å². The number of aldehydes is 1. The Bertz CT molecular complexity index is 1080. The molecule has 9 heteroatoms. The minimum Gasteiger partial charge on any atom is -0.497 e. The average molecular weight is 509 g/mol. The third kappa shape index (κ3) is 5.44. The summed E-state index contributed by atoms with van der Waals surface area (Å²) in [5, 5.41) is 17.8. The minimum absolute atomic E-state index is 0.103. The van der Waals surface area contributed by atoms with E-state index in [0.717, 1.165) is 75.2 Å². The number of rotatable bonds is 10. The van der Waals surface area contributed by atoms with Gasteiger partial charge in [-0.1, -0.05) is 19.1 Å². The van der Waals surface area contributed by atoms with Gasteiger partial charge in [0.15, 0.2) is 12.5 Å². The lowest BCUT2D eigenvalue weighted by Crippen LogP contribution is -2.60. The van der Waals surface area contributed by atoms with Gasteiger partial charge in [0.05, 0.1) is 7.11 Å². The molecule has 2 aromatic rings. The molecule has 198 valence electrons. The average Bonchev–Trinajstić information content (AvgIpc) is 3.36. The first-order chi connectivity index (χ1) is 18.1. The predicted octanol–water partition coefficient (Wildman–Crippen LogP) is 3.22. The van der Waals surface area contributed by atoms with Gasteiger partial charge in [-0.05, 0) is 79.7 Å². The molecule has 2 atom stereocenters. The van der Waals surface area contributed by atoms with E-state index in [1.54, 1.807) is 12.2 Å². The van der Waals surface area contributed by atoms with Gasteiger partial charge in [0.1, 0.15) is 11.5 Å². The van der Waals surface area contributed by atoms with Crippen LogP contribution in [0, 0.1) is 5.41 Å². The maximum Gasteiger partial charge on any atom is 0.260 e. The lowest BCUT2D eigenvalue weighted by atomic mass is 9.77. The molecule has 2 aromatic carbocycles. The van der Waals surface area contributed by atoms with Crippen LogP contribution in [0.1, 0.15) is 43.7 Å². The summed E-state index contributed by atoms with van der Waals surface area (Å²) in [6, 6.07) is 15.6. The SMILES string of the molecule is CCC1(CO)CCN(Cc2ccc(OC3CCN3N3N=C(c4ccc(OC)cc4)OC3C=O)cc2)CC1. The van der Waals surface area contributed by atoms with E-state index in [1.165, 1.54) is 5.56 Å². The molecule has 9 nitrogen and oxygen atoms in total. The Morgan fingerprint density at radius 3 is 2.35 bits per heavy atom. The van der Waals surface area contributed by atoms with E-state index in [4.69, 9.17) is 14.2 Å². The first kappa shape index (κ1) is 25.5. The number of benzene rings is 2. The molecule has 0 aliphatic carbocycles. The summed E-state index contributed by atoms with van der Waals surface area (Å²) in [6.45, 7) is 6.10. The summed E-state index contributed by atoms with van der Waals surface area (Å²) in [4.78, 5) is 14.2. The van der Waals surface area contributed by atoms with Gasteiger partial charge in [-0.15, -0.1) is 5.10 Å². The lowest BCUT2D eigenvalue weighted by Gasteiger charge is -2.44. The van der Waals surface area contributed by atoms with E-state index in [2.05, 4.69) is 29.1 Å². The van der Waals surface area contributed by atoms with Crippen LogP contribution in [0.5, 0.6) is 11.5 Å². The maximum absolute atomic E-state index is 11.7. The standard InChI is InChI=1S/C28H36N4O5/c1-3-28(20-34)13-16-30(17-14-28)18-21-4-8-24(9-5-21)36-25-12-15-31(25)32-26(19-33)37-27(29-32)22-6-10-23(35-2)11-7-22/h4-11,19,25-26,34H,3,12-18,20H2,1-2H3. The van der Waals surface area contributed by atoms with E-state index in [1.807, 2.05) is 41.4 Å². The minimum atomic E-state index is -0.826. The highest BCUT2D eigenvalue weighted by molar-refractivity contribution is 5.95. The Balaban J connectivity index is 1.17. The lowest BCUT2D eigenvalue weighted by molar-refractivity contribution is -0.218. The summed E-state index contributed by atoms with van der Waals surface area (Å²) >= 11 is 0. The molecule has 0 spiro atoms. The van der Waals surface area contributed by atoms with Crippen molar-refractivity contribution in [2.45, 2.75) is 51.6 Å². The van der Waals surface area contributed by atoms with Crippen LogP contribution in [-0.2, 0) is 16.1 Å². The van der Waals surface area contributed by atoms with Crippen LogP contribution >= 0.6 is 0 Å². The summed E-state index contributed by atoms with van der Waals surface area (Å²) < 4.78 is 17.2. The molecule has 0 bridgehead atoms. The largest absolute Gasteiger partial charge is 0.497 e. The van der Waals surface area contributed by atoms with Crippen LogP contribution in [0.15, 0.2) is 53.6 Å². The maximum atomic E-state index is 11.7. The molecule has 2 fully saturated rings. The highest BCUT2D eigenvalue weighted by Gasteiger charge is 2.42. The fraction of sp³-hybridized carbons (Fsp3) is 0.500. The normalized spacial score (nSPS) is 23.6. The molecule has 3 aliphatic rings. The monoisotopic (exact) mass is 508 g/mol. The third-order valence-corrected chi connectivity index (χ3v) is 7.91. The molecule has 3 heterocycles. The molecule has 1 N–H and O–H groups in total. The van der Waals surface area contributed by atoms with E-state index in [-0.39, 0.29) is 18.2 Å². The van der Waals surface area contributed by atoms with Crippen LogP contribution in [0.25, 0.3) is 0 Å². The van der Waals surface area contributed by atoms with E-state index in [9.17, 15) is 9.90 Å². The van der Waals surface area contributed by atoms with E-state index >= 15 is 0 Å². The number of piperidine rings is 1. The number of methoxy groups -OCH3 is 1. The number of carbonyl (C=O) groups excluding carboxylic acids is 1. The first-order valence-electron chi connectivity index (χ1n) is 13.1. The van der Waals surface area contributed by atoms with Crippen molar-refractivity contribution < 1.29 is 24.1 Å². The second-order valence-electron chi connectivity index (χ2n) is 10.1. The Hall–Kier alpha value is -3.14. The zero-order valence-corrected chi connectivity index (χ0v) is 21.6. The number of hydrogen-bond donors (Lipinski definition) is 1. The van der Waals surface area contributed by atoms with Gasteiger partial charge in [-0.25, -0.2) is 0 Å². The van der Waals surface area contributed by atoms with Gasteiger partial charge in [0, 0.05) is 31.7 Å². The Kier molecular flexibility index (Phi) is 7.64. The van der Waals surface area contributed by atoms with Crippen molar-refractivity contribution in [1.82, 2.24) is 15.0 Å². The molecule has 0 aromatic heterocycles. The van der Waals surface area contributed by atoms with Gasteiger partial charge < -0.3 is 19.3 Å². The van der Waals surface area contributed by atoms with Crippen LogP contribution < -0.4 is 9.47 Å². The van der Waals surface area contributed by atoms with Crippen molar-refractivity contribution in [1.29, 1.82) is 0 Å². The zero-order valence-electron chi connectivity index (χ0n) is 21.6. The molecule has 0 amide bonds. The molecule has 3 aliphatic heterocycles. The number of hydrazine groups is 1. The molecule has 5 rings (SSSR count). The molecule has 0 saturated carbocycles. The van der Waals surface area contributed by atoms with Crippen molar-refractivity contribution in [2.75, 3.05) is 33.4 Å². The zero-order chi connectivity index (χ0) is 25.8. The fourth-order valence-electron chi connectivity index (χ4n) is 5.08. The summed E-state index contributed by atoms with van der Waals surface area (Å²) in [7, 11) is 1.62. The second-order valence-corrected chi connectivity index (χ2v) is 10.1. The van der Waals surface area contributed by atoms with Crippen molar-refractivity contribution in [2.24, 2.45) is 10.5 Å². The van der Waals surface area contributed by atoms with Crippen LogP contribution in [0.2, 0.25) is 0 Å². The summed E-state index contributed by atoms with van der Waals surface area (Å²) in [5.74, 6) is 1.91. The Morgan fingerprint density at radius 2 is 1.78 bits per heavy atom. The number of nitrogens with zero attached hydrogens (tertiary/aromatic N) is 4. The van der Waals surface area contributed by atoms with Gasteiger partial charge in [-0.2, -0.15) is 10.1 Å². The number of aliphatic hydroxyl groups is 1. The van der Waals surface area contributed by atoms with Crippen LogP contribution in [0.3, 0.4) is 0 Å². The first-order valence-corrected chi connectivity index (χ1v) is 13.1. The van der Waals surface area contributed by atoms with E-state index < -0.39 is 6.23 Å². The smallest absolute Gasteiger partial charge is 0.260 e. The molecule has 37 heavy (non-hydrogen) atoms. The fourth-order valence-corrected chi connectivity index (χ4v) is 5.08. The Labute approximate surface area is 218 Å². The highest BCUT2D eigenvalue weighted by Crippen LogP contribution is 2.35. The van der Waals surface area contributed by atoms with Crippen molar-refractivity contribution in [3.8, 4) is 11.5 Å². The molecule has 2 saturated heterocycles. The predicted molar refractivity (Wildman–Crippen MR) is 139 cm³/mol. The topological polar surface area (TPSA) is 87.1 Å². The van der Waals surface area contributed by atoms with E-state index in [0.29, 0.717) is 5.90 Å². The third-order valence-electron chi connectivity index (χ3n) is 7.91. The Morgan fingerprint density at radius 1 is 1.08 bits per heavy atom. The van der Waals surface area contributed by atoms with Crippen molar-refractivity contribution in [3.63, 3.8) is 0 Å². The quantitative estimate of drug-likeness (QED) is 0.490. The number of carbonyl (C=O) groups is 1. The summed E-state index contributed by atoms with van der Waals surface area (Å²) in [6.07, 6.45) is 3.65. The molecular weight excluding hydrogens is 472 g/mol. The van der Waals surface area contributed by atoms with Crippen molar-refractivity contribution in [3.05, 3.63) is 59.7 Å². The molecule has 0 radical (unpaired) electrons. The van der Waals surface area contributed by atoms with Crippen LogP contribution in [0.4, 0.5) is 0 Å². The number of likely N-dealkylation sites (tertiary alicyclic amines) is 1. The second kappa shape index (κ2) is 11.1. The molecular formula is C28H36N4O5. The number of ether oxygens (including phenoxy) is 3. The number of hydrazone groups is 1.